The van der Waals surface area contributed by atoms with Crippen molar-refractivity contribution in [2.75, 3.05) is 0 Å². The second-order valence-electron chi connectivity index (χ2n) is 2.65. The van der Waals surface area contributed by atoms with Crippen LogP contribution in [0.2, 0.25) is 0 Å². The zero-order valence-corrected chi connectivity index (χ0v) is 8.64. The molecule has 66 valence electrons. The maximum Gasteiger partial charge on any atom is 0.0468 e. The Labute approximate surface area is 81.3 Å². The molecular weight excluding hydrogens is 216 g/mol. The van der Waals surface area contributed by atoms with Crippen LogP contribution in [0.4, 0.5) is 0 Å². The Bertz CT molecular complexity index is 246. The maximum absolute atomic E-state index is 5.41. The third kappa shape index (κ3) is 2.06. The monoisotopic (exact) mass is 228 g/mol. The van der Waals surface area contributed by atoms with Crippen LogP contribution < -0.4 is 11.3 Å². The van der Waals surface area contributed by atoms with Gasteiger partial charge in [0.2, 0.25) is 0 Å². The van der Waals surface area contributed by atoms with Gasteiger partial charge in [0.15, 0.2) is 0 Å². The molecule has 12 heavy (non-hydrogen) atoms. The molecule has 1 rings (SSSR count). The van der Waals surface area contributed by atoms with E-state index in [2.05, 4.69) is 34.3 Å². The van der Waals surface area contributed by atoms with Crippen LogP contribution in [0.3, 0.4) is 0 Å². The summed E-state index contributed by atoms with van der Waals surface area (Å²) in [6.45, 7) is 2.10. The smallest absolute Gasteiger partial charge is 0.0468 e. The van der Waals surface area contributed by atoms with Crippen molar-refractivity contribution in [2.45, 2.75) is 19.4 Å². The number of rotatable bonds is 3. The summed E-state index contributed by atoms with van der Waals surface area (Å²) in [6, 6.07) is 8.34. The Hall–Kier alpha value is -0.380. The third-order valence-electron chi connectivity index (χ3n) is 1.89. The zero-order chi connectivity index (χ0) is 8.97. The first-order valence-electron chi connectivity index (χ1n) is 4.00. The second kappa shape index (κ2) is 4.60. The first-order chi connectivity index (χ1) is 5.79. The largest absolute Gasteiger partial charge is 0.271 e. The van der Waals surface area contributed by atoms with Crippen molar-refractivity contribution in [3.05, 3.63) is 34.3 Å². The topological polar surface area (TPSA) is 38.0 Å². The SMILES string of the molecule is CCC(NN)c1ccccc1Br. The summed E-state index contributed by atoms with van der Waals surface area (Å²) in [5, 5.41) is 0. The normalized spacial score (nSPS) is 12.9. The fourth-order valence-corrected chi connectivity index (χ4v) is 1.75. The highest BCUT2D eigenvalue weighted by Crippen LogP contribution is 2.24. The van der Waals surface area contributed by atoms with Crippen molar-refractivity contribution in [3.63, 3.8) is 0 Å². The minimum atomic E-state index is 0.237. The molecule has 1 atom stereocenters. The molecule has 1 unspecified atom stereocenters. The zero-order valence-electron chi connectivity index (χ0n) is 7.05. The summed E-state index contributed by atoms with van der Waals surface area (Å²) < 4.78 is 1.11. The summed E-state index contributed by atoms with van der Waals surface area (Å²) in [4.78, 5) is 0. The number of benzene rings is 1. The van der Waals surface area contributed by atoms with Gasteiger partial charge in [-0.1, -0.05) is 41.1 Å². The predicted molar refractivity (Wildman–Crippen MR) is 54.5 cm³/mol. The minimum Gasteiger partial charge on any atom is -0.271 e. The summed E-state index contributed by atoms with van der Waals surface area (Å²) in [7, 11) is 0. The van der Waals surface area contributed by atoms with E-state index >= 15 is 0 Å². The van der Waals surface area contributed by atoms with E-state index in [1.54, 1.807) is 0 Å². The molecular formula is C9H13BrN2. The van der Waals surface area contributed by atoms with Crippen molar-refractivity contribution >= 4 is 15.9 Å². The predicted octanol–water partition coefficient (Wildman–Crippen LogP) is 2.36. The number of nitrogens with two attached hydrogens (primary N) is 1. The lowest BCUT2D eigenvalue weighted by Gasteiger charge is -2.15. The van der Waals surface area contributed by atoms with Gasteiger partial charge in [0, 0.05) is 10.5 Å². The third-order valence-corrected chi connectivity index (χ3v) is 2.61. The van der Waals surface area contributed by atoms with Gasteiger partial charge in [0.1, 0.15) is 0 Å². The lowest BCUT2D eigenvalue weighted by Crippen LogP contribution is -2.27. The molecule has 1 aromatic rings. The molecule has 0 heterocycles. The van der Waals surface area contributed by atoms with Gasteiger partial charge in [-0.3, -0.25) is 11.3 Å². The van der Waals surface area contributed by atoms with Crippen molar-refractivity contribution in [3.8, 4) is 0 Å². The molecule has 0 aliphatic heterocycles. The molecule has 3 N–H and O–H groups in total. The molecule has 2 nitrogen and oxygen atoms in total. The van der Waals surface area contributed by atoms with E-state index in [1.165, 1.54) is 5.56 Å². The van der Waals surface area contributed by atoms with Crippen LogP contribution in [0, 0.1) is 0 Å². The quantitative estimate of drug-likeness (QED) is 0.616. The maximum atomic E-state index is 5.41. The first kappa shape index (κ1) is 9.71. The molecule has 0 saturated carbocycles. The van der Waals surface area contributed by atoms with Crippen molar-refractivity contribution < 1.29 is 0 Å². The summed E-state index contributed by atoms with van der Waals surface area (Å²) in [5.41, 5.74) is 3.99. The molecule has 0 fully saturated rings. The Kier molecular flexibility index (Phi) is 3.72. The van der Waals surface area contributed by atoms with Gasteiger partial charge in [-0.15, -0.1) is 0 Å². The Balaban J connectivity index is 2.92. The number of hydrogen-bond donors (Lipinski definition) is 2. The lowest BCUT2D eigenvalue weighted by atomic mass is 10.1. The van der Waals surface area contributed by atoms with E-state index in [9.17, 15) is 0 Å². The van der Waals surface area contributed by atoms with E-state index < -0.39 is 0 Å². The van der Waals surface area contributed by atoms with Crippen LogP contribution in [-0.2, 0) is 0 Å². The highest BCUT2D eigenvalue weighted by Gasteiger charge is 2.08. The number of halogens is 1. The van der Waals surface area contributed by atoms with E-state index in [0.29, 0.717) is 0 Å². The average molecular weight is 229 g/mol. The second-order valence-corrected chi connectivity index (χ2v) is 3.50. The van der Waals surface area contributed by atoms with E-state index in [4.69, 9.17) is 5.84 Å². The molecule has 0 aliphatic rings. The lowest BCUT2D eigenvalue weighted by molar-refractivity contribution is 0.537. The number of hydrogen-bond acceptors (Lipinski definition) is 2. The van der Waals surface area contributed by atoms with Gasteiger partial charge in [-0.2, -0.15) is 0 Å². The van der Waals surface area contributed by atoms with Gasteiger partial charge in [0.05, 0.1) is 0 Å². The minimum absolute atomic E-state index is 0.237. The van der Waals surface area contributed by atoms with Gasteiger partial charge < -0.3 is 0 Å². The van der Waals surface area contributed by atoms with Crippen molar-refractivity contribution in [1.29, 1.82) is 0 Å². The standard InChI is InChI=1S/C9H13BrN2/c1-2-9(12-11)7-5-3-4-6-8(7)10/h3-6,9,12H,2,11H2,1H3. The Morgan fingerprint density at radius 2 is 2.17 bits per heavy atom. The fraction of sp³-hybridized carbons (Fsp3) is 0.333. The molecule has 0 aliphatic carbocycles. The molecule has 0 radical (unpaired) electrons. The molecule has 0 aromatic heterocycles. The molecule has 0 bridgehead atoms. The van der Waals surface area contributed by atoms with Gasteiger partial charge in [0.25, 0.3) is 0 Å². The van der Waals surface area contributed by atoms with Gasteiger partial charge >= 0.3 is 0 Å². The molecule has 0 amide bonds. The molecule has 1 aromatic carbocycles. The summed E-state index contributed by atoms with van der Waals surface area (Å²) in [6.07, 6.45) is 0.985. The van der Waals surface area contributed by atoms with E-state index in [1.807, 2.05) is 18.2 Å². The fourth-order valence-electron chi connectivity index (χ4n) is 1.19. The van der Waals surface area contributed by atoms with Crippen LogP contribution in [0.5, 0.6) is 0 Å². The number of nitrogens with one attached hydrogen (secondary N) is 1. The van der Waals surface area contributed by atoms with Crippen molar-refractivity contribution in [2.24, 2.45) is 5.84 Å². The van der Waals surface area contributed by atoms with Crippen LogP contribution in [-0.4, -0.2) is 0 Å². The molecule has 3 heteroatoms. The van der Waals surface area contributed by atoms with E-state index in [-0.39, 0.29) is 6.04 Å². The number of hydrazine groups is 1. The molecule has 0 saturated heterocycles. The van der Waals surface area contributed by atoms with Crippen LogP contribution in [0.15, 0.2) is 28.7 Å². The van der Waals surface area contributed by atoms with Crippen LogP contribution in [0.25, 0.3) is 0 Å². The first-order valence-corrected chi connectivity index (χ1v) is 4.79. The van der Waals surface area contributed by atoms with Crippen LogP contribution in [0.1, 0.15) is 24.9 Å². The van der Waals surface area contributed by atoms with Gasteiger partial charge in [-0.25, -0.2) is 0 Å². The molecule has 0 spiro atoms. The Morgan fingerprint density at radius 1 is 1.50 bits per heavy atom. The highest BCUT2D eigenvalue weighted by atomic mass is 79.9. The van der Waals surface area contributed by atoms with E-state index in [0.717, 1.165) is 10.9 Å². The highest BCUT2D eigenvalue weighted by molar-refractivity contribution is 9.10. The van der Waals surface area contributed by atoms with Crippen LogP contribution >= 0.6 is 15.9 Å². The summed E-state index contributed by atoms with van der Waals surface area (Å²) >= 11 is 3.48. The van der Waals surface area contributed by atoms with Gasteiger partial charge in [-0.05, 0) is 18.1 Å². The Morgan fingerprint density at radius 3 is 2.67 bits per heavy atom. The average Bonchev–Trinajstić information content (AvgIpc) is 2.10. The van der Waals surface area contributed by atoms with Crippen molar-refractivity contribution in [1.82, 2.24) is 5.43 Å². The summed E-state index contributed by atoms with van der Waals surface area (Å²) in [5.74, 6) is 5.41.